The summed E-state index contributed by atoms with van der Waals surface area (Å²) in [5.41, 5.74) is 8.10. The minimum atomic E-state index is -0.438. The molecule has 0 radical (unpaired) electrons. The predicted molar refractivity (Wildman–Crippen MR) is 87.0 cm³/mol. The molecule has 0 aliphatic heterocycles. The molecule has 0 unspecified atom stereocenters. The molecule has 1 heterocycles. The first kappa shape index (κ1) is 16.2. The number of nitrogens with zero attached hydrogens (tertiary/aromatic N) is 2. The van der Waals surface area contributed by atoms with Crippen molar-refractivity contribution in [1.82, 2.24) is 15.1 Å². The lowest BCUT2D eigenvalue weighted by molar-refractivity contribution is -0.122. The van der Waals surface area contributed by atoms with Gasteiger partial charge in [-0.3, -0.25) is 9.48 Å². The zero-order valence-corrected chi connectivity index (χ0v) is 13.2. The molecule has 118 valence electrons. The SMILES string of the molecule is CC(C)C[C@H](N)C(=O)NCc1cccc(Cn2cccn2)c1. The van der Waals surface area contributed by atoms with Crippen LogP contribution in [0, 0.1) is 5.92 Å². The number of nitrogens with two attached hydrogens (primary N) is 1. The number of nitrogens with one attached hydrogen (secondary N) is 1. The van der Waals surface area contributed by atoms with E-state index >= 15 is 0 Å². The molecule has 1 aromatic carbocycles. The average Bonchev–Trinajstić information content (AvgIpc) is 2.97. The van der Waals surface area contributed by atoms with Gasteiger partial charge in [0.2, 0.25) is 5.91 Å². The van der Waals surface area contributed by atoms with E-state index in [4.69, 9.17) is 5.73 Å². The number of rotatable bonds is 7. The van der Waals surface area contributed by atoms with Crippen LogP contribution in [0.5, 0.6) is 0 Å². The van der Waals surface area contributed by atoms with Gasteiger partial charge in [-0.05, 0) is 29.5 Å². The number of amides is 1. The molecule has 1 amide bonds. The van der Waals surface area contributed by atoms with E-state index in [1.165, 1.54) is 0 Å². The van der Waals surface area contributed by atoms with Crippen LogP contribution in [-0.2, 0) is 17.9 Å². The van der Waals surface area contributed by atoms with Gasteiger partial charge in [0.1, 0.15) is 0 Å². The van der Waals surface area contributed by atoms with Crippen LogP contribution in [0.25, 0.3) is 0 Å². The molecule has 0 aliphatic carbocycles. The summed E-state index contributed by atoms with van der Waals surface area (Å²) >= 11 is 0. The topological polar surface area (TPSA) is 72.9 Å². The van der Waals surface area contributed by atoms with Crippen LogP contribution in [0.2, 0.25) is 0 Å². The van der Waals surface area contributed by atoms with Crippen molar-refractivity contribution in [3.63, 3.8) is 0 Å². The molecule has 0 fully saturated rings. The van der Waals surface area contributed by atoms with Crippen LogP contribution in [0.3, 0.4) is 0 Å². The van der Waals surface area contributed by atoms with Crippen molar-refractivity contribution in [1.29, 1.82) is 0 Å². The van der Waals surface area contributed by atoms with Crippen LogP contribution in [0.15, 0.2) is 42.7 Å². The standard InChI is InChI=1S/C17H24N4O/c1-13(2)9-16(18)17(22)19-11-14-5-3-6-15(10-14)12-21-8-4-7-20-21/h3-8,10,13,16H,9,11-12,18H2,1-2H3,(H,19,22)/t16-/m0/s1. The fourth-order valence-corrected chi connectivity index (χ4v) is 2.35. The summed E-state index contributed by atoms with van der Waals surface area (Å²) in [7, 11) is 0. The Bertz CT molecular complexity index is 592. The Kier molecular flexibility index (Phi) is 5.72. The maximum atomic E-state index is 11.9. The van der Waals surface area contributed by atoms with E-state index in [1.54, 1.807) is 6.20 Å². The van der Waals surface area contributed by atoms with Crippen molar-refractivity contribution in [3.8, 4) is 0 Å². The lowest BCUT2D eigenvalue weighted by atomic mass is 10.0. The molecule has 2 rings (SSSR count). The molecule has 1 atom stereocenters. The van der Waals surface area contributed by atoms with E-state index in [9.17, 15) is 4.79 Å². The summed E-state index contributed by atoms with van der Waals surface area (Å²) in [5, 5.41) is 7.10. The second kappa shape index (κ2) is 7.75. The van der Waals surface area contributed by atoms with Crippen molar-refractivity contribution in [2.45, 2.75) is 39.4 Å². The van der Waals surface area contributed by atoms with Crippen LogP contribution in [0.4, 0.5) is 0 Å². The molecule has 2 aromatic rings. The number of benzene rings is 1. The summed E-state index contributed by atoms with van der Waals surface area (Å²) in [4.78, 5) is 11.9. The molecule has 5 heteroatoms. The Hall–Kier alpha value is -2.14. The Morgan fingerprint density at radius 1 is 1.32 bits per heavy atom. The predicted octanol–water partition coefficient (Wildman–Crippen LogP) is 1.92. The summed E-state index contributed by atoms with van der Waals surface area (Å²) in [6, 6.07) is 9.59. The molecule has 0 saturated heterocycles. The zero-order chi connectivity index (χ0) is 15.9. The van der Waals surface area contributed by atoms with Crippen molar-refractivity contribution >= 4 is 5.91 Å². The Balaban J connectivity index is 1.89. The molecule has 0 aliphatic rings. The van der Waals surface area contributed by atoms with Crippen LogP contribution in [-0.4, -0.2) is 21.7 Å². The zero-order valence-electron chi connectivity index (χ0n) is 13.2. The Morgan fingerprint density at radius 2 is 2.09 bits per heavy atom. The van der Waals surface area contributed by atoms with Crippen LogP contribution >= 0.6 is 0 Å². The summed E-state index contributed by atoms with van der Waals surface area (Å²) in [6.45, 7) is 5.34. The van der Waals surface area contributed by atoms with Gasteiger partial charge in [-0.25, -0.2) is 0 Å². The van der Waals surface area contributed by atoms with E-state index in [0.29, 0.717) is 18.9 Å². The molecular formula is C17H24N4O. The van der Waals surface area contributed by atoms with Gasteiger partial charge in [-0.2, -0.15) is 5.10 Å². The third-order valence-corrected chi connectivity index (χ3v) is 3.42. The minimum Gasteiger partial charge on any atom is -0.351 e. The lowest BCUT2D eigenvalue weighted by Crippen LogP contribution is -2.41. The van der Waals surface area contributed by atoms with E-state index in [0.717, 1.165) is 17.7 Å². The molecule has 3 N–H and O–H groups in total. The fourth-order valence-electron chi connectivity index (χ4n) is 2.35. The van der Waals surface area contributed by atoms with Crippen LogP contribution < -0.4 is 11.1 Å². The molecular weight excluding hydrogens is 276 g/mol. The maximum absolute atomic E-state index is 11.9. The second-order valence-electron chi connectivity index (χ2n) is 5.98. The molecule has 5 nitrogen and oxygen atoms in total. The van der Waals surface area contributed by atoms with Gasteiger partial charge in [0.05, 0.1) is 12.6 Å². The van der Waals surface area contributed by atoms with E-state index < -0.39 is 6.04 Å². The number of hydrogen-bond acceptors (Lipinski definition) is 3. The number of hydrogen-bond donors (Lipinski definition) is 2. The Labute approximate surface area is 131 Å². The largest absolute Gasteiger partial charge is 0.351 e. The highest BCUT2D eigenvalue weighted by molar-refractivity contribution is 5.81. The number of aromatic nitrogens is 2. The normalized spacial score (nSPS) is 12.4. The third kappa shape index (κ3) is 5.00. The number of carbonyl (C=O) groups is 1. The summed E-state index contributed by atoms with van der Waals surface area (Å²) < 4.78 is 1.87. The fraction of sp³-hybridized carbons (Fsp3) is 0.412. The first-order chi connectivity index (χ1) is 10.5. The number of carbonyl (C=O) groups excluding carboxylic acids is 1. The first-order valence-corrected chi connectivity index (χ1v) is 7.63. The molecule has 22 heavy (non-hydrogen) atoms. The van der Waals surface area contributed by atoms with Gasteiger partial charge < -0.3 is 11.1 Å². The third-order valence-electron chi connectivity index (χ3n) is 3.42. The molecule has 0 saturated carbocycles. The highest BCUT2D eigenvalue weighted by Gasteiger charge is 2.14. The monoisotopic (exact) mass is 300 g/mol. The highest BCUT2D eigenvalue weighted by Crippen LogP contribution is 2.08. The molecule has 0 spiro atoms. The smallest absolute Gasteiger partial charge is 0.237 e. The van der Waals surface area contributed by atoms with Crippen molar-refractivity contribution in [3.05, 3.63) is 53.9 Å². The van der Waals surface area contributed by atoms with Gasteiger partial charge in [0, 0.05) is 18.9 Å². The second-order valence-corrected chi connectivity index (χ2v) is 5.98. The van der Waals surface area contributed by atoms with E-state index in [1.807, 2.05) is 29.1 Å². The van der Waals surface area contributed by atoms with E-state index in [-0.39, 0.29) is 5.91 Å². The van der Waals surface area contributed by atoms with Gasteiger partial charge in [-0.15, -0.1) is 0 Å². The van der Waals surface area contributed by atoms with Crippen molar-refractivity contribution in [2.75, 3.05) is 0 Å². The van der Waals surface area contributed by atoms with Crippen LogP contribution in [0.1, 0.15) is 31.4 Å². The summed E-state index contributed by atoms with van der Waals surface area (Å²) in [5.74, 6) is 0.323. The highest BCUT2D eigenvalue weighted by atomic mass is 16.2. The summed E-state index contributed by atoms with van der Waals surface area (Å²) in [6.07, 6.45) is 4.39. The maximum Gasteiger partial charge on any atom is 0.237 e. The van der Waals surface area contributed by atoms with Crippen molar-refractivity contribution < 1.29 is 4.79 Å². The quantitative estimate of drug-likeness (QED) is 0.820. The molecule has 1 aromatic heterocycles. The van der Waals surface area contributed by atoms with Gasteiger partial charge in [-0.1, -0.05) is 38.1 Å². The molecule has 0 bridgehead atoms. The van der Waals surface area contributed by atoms with E-state index in [2.05, 4.69) is 36.4 Å². The van der Waals surface area contributed by atoms with Gasteiger partial charge in [0.25, 0.3) is 0 Å². The minimum absolute atomic E-state index is 0.0915. The van der Waals surface area contributed by atoms with Gasteiger partial charge >= 0.3 is 0 Å². The van der Waals surface area contributed by atoms with Crippen molar-refractivity contribution in [2.24, 2.45) is 11.7 Å². The first-order valence-electron chi connectivity index (χ1n) is 7.63. The lowest BCUT2D eigenvalue weighted by Gasteiger charge is -2.14. The van der Waals surface area contributed by atoms with Gasteiger partial charge in [0.15, 0.2) is 0 Å². The Morgan fingerprint density at radius 3 is 2.77 bits per heavy atom. The average molecular weight is 300 g/mol.